The highest BCUT2D eigenvalue weighted by molar-refractivity contribution is 6.06. The first-order valence-electron chi connectivity index (χ1n) is 9.40. The first-order chi connectivity index (χ1) is 13.5. The van der Waals surface area contributed by atoms with E-state index in [-0.39, 0.29) is 30.2 Å². The molecule has 1 aliphatic carbocycles. The fourth-order valence-electron chi connectivity index (χ4n) is 4.10. The number of anilines is 1. The molecule has 9 heteroatoms. The van der Waals surface area contributed by atoms with Crippen molar-refractivity contribution in [2.75, 3.05) is 25.5 Å². The van der Waals surface area contributed by atoms with Crippen LogP contribution in [0.2, 0.25) is 0 Å². The van der Waals surface area contributed by atoms with Crippen LogP contribution in [-0.2, 0) is 9.59 Å². The molecule has 0 radical (unpaired) electrons. The zero-order valence-corrected chi connectivity index (χ0v) is 15.6. The minimum atomic E-state index is -0.250. The van der Waals surface area contributed by atoms with Crippen LogP contribution in [-0.4, -0.2) is 75.6 Å². The summed E-state index contributed by atoms with van der Waals surface area (Å²) >= 11 is 0. The zero-order chi connectivity index (χ0) is 19.8. The van der Waals surface area contributed by atoms with Gasteiger partial charge in [-0.15, -0.1) is 0 Å². The first-order valence-corrected chi connectivity index (χ1v) is 9.40. The van der Waals surface area contributed by atoms with Crippen molar-refractivity contribution >= 4 is 34.9 Å². The summed E-state index contributed by atoms with van der Waals surface area (Å²) in [6, 6.07) is 6.32. The van der Waals surface area contributed by atoms with Crippen molar-refractivity contribution in [1.29, 1.82) is 0 Å². The van der Waals surface area contributed by atoms with Gasteiger partial charge >= 0.3 is 0 Å². The predicted molar refractivity (Wildman–Crippen MR) is 102 cm³/mol. The van der Waals surface area contributed by atoms with Gasteiger partial charge < -0.3 is 15.3 Å². The third-order valence-corrected chi connectivity index (χ3v) is 5.76. The Balaban J connectivity index is 0.000000604. The van der Waals surface area contributed by atoms with Crippen LogP contribution in [0, 0.1) is 5.92 Å². The SMILES string of the molecule is CN1C[C@@H]2C[C@H]1CN2C(=O)c1n[nH]c2ccc(NC(=O)C3CC3)cc12.O=CO. The van der Waals surface area contributed by atoms with Crippen LogP contribution in [0.4, 0.5) is 5.69 Å². The Morgan fingerprint density at radius 2 is 2.04 bits per heavy atom. The predicted octanol–water partition coefficient (Wildman–Crippen LogP) is 1.14. The van der Waals surface area contributed by atoms with Gasteiger partial charge in [-0.1, -0.05) is 0 Å². The lowest BCUT2D eigenvalue weighted by atomic mass is 10.1. The number of H-pyrrole nitrogens is 1. The molecule has 3 heterocycles. The quantitative estimate of drug-likeness (QED) is 0.682. The Kier molecular flexibility index (Phi) is 4.76. The number of aromatic amines is 1. The number of benzene rings is 1. The molecule has 2 bridgehead atoms. The number of fused-ring (bicyclic) bond motifs is 3. The van der Waals surface area contributed by atoms with E-state index < -0.39 is 0 Å². The molecule has 0 spiro atoms. The van der Waals surface area contributed by atoms with Gasteiger partial charge in [0.15, 0.2) is 5.69 Å². The Labute approximate surface area is 161 Å². The topological polar surface area (TPSA) is 119 Å². The molecule has 0 unspecified atom stereocenters. The third kappa shape index (κ3) is 3.33. The first kappa shape index (κ1) is 18.4. The average molecular weight is 385 g/mol. The van der Waals surface area contributed by atoms with Gasteiger partial charge in [0, 0.05) is 42.2 Å². The van der Waals surface area contributed by atoms with Gasteiger partial charge in [0.1, 0.15) is 0 Å². The maximum Gasteiger partial charge on any atom is 0.290 e. The largest absolute Gasteiger partial charge is 0.483 e. The summed E-state index contributed by atoms with van der Waals surface area (Å²) in [5.74, 6) is 0.200. The van der Waals surface area contributed by atoms with Gasteiger partial charge in [-0.25, -0.2) is 0 Å². The number of hydrogen-bond donors (Lipinski definition) is 3. The van der Waals surface area contributed by atoms with Crippen LogP contribution in [0.1, 0.15) is 29.8 Å². The van der Waals surface area contributed by atoms with Gasteiger partial charge in [-0.3, -0.25) is 24.4 Å². The molecule has 1 aromatic carbocycles. The molecule has 148 valence electrons. The summed E-state index contributed by atoms with van der Waals surface area (Å²) in [4.78, 5) is 37.6. The number of nitrogens with one attached hydrogen (secondary N) is 2. The highest BCUT2D eigenvalue weighted by Gasteiger charge is 2.44. The molecule has 2 amide bonds. The van der Waals surface area contributed by atoms with E-state index in [9.17, 15) is 9.59 Å². The Bertz CT molecular complexity index is 920. The molecule has 3 aliphatic rings. The van der Waals surface area contributed by atoms with Crippen LogP contribution in [0.15, 0.2) is 18.2 Å². The van der Waals surface area contributed by atoms with E-state index in [0.29, 0.717) is 11.7 Å². The second kappa shape index (κ2) is 7.23. The molecule has 9 nitrogen and oxygen atoms in total. The maximum absolute atomic E-state index is 13.0. The van der Waals surface area contributed by atoms with Gasteiger partial charge in [0.25, 0.3) is 12.4 Å². The third-order valence-electron chi connectivity index (χ3n) is 5.76. The van der Waals surface area contributed by atoms with Crippen molar-refractivity contribution in [1.82, 2.24) is 20.0 Å². The number of carbonyl (C=O) groups excluding carboxylic acids is 2. The molecule has 2 aliphatic heterocycles. The summed E-state index contributed by atoms with van der Waals surface area (Å²) in [7, 11) is 2.12. The Morgan fingerprint density at radius 3 is 2.64 bits per heavy atom. The van der Waals surface area contributed by atoms with Gasteiger partial charge in [-0.05, 0) is 44.5 Å². The molecule has 28 heavy (non-hydrogen) atoms. The Morgan fingerprint density at radius 1 is 1.29 bits per heavy atom. The van der Waals surface area contributed by atoms with Crippen molar-refractivity contribution < 1.29 is 19.5 Å². The summed E-state index contributed by atoms with van der Waals surface area (Å²) < 4.78 is 0. The molecule has 3 fully saturated rings. The summed E-state index contributed by atoms with van der Waals surface area (Å²) in [6.07, 6.45) is 2.98. The average Bonchev–Trinajstić information content (AvgIpc) is 3.17. The number of hydrogen-bond acceptors (Lipinski definition) is 5. The molecular formula is C19H23N5O4. The van der Waals surface area contributed by atoms with Crippen molar-refractivity contribution in [3.8, 4) is 0 Å². The number of nitrogens with zero attached hydrogens (tertiary/aromatic N) is 3. The Hall–Kier alpha value is -2.94. The highest BCUT2D eigenvalue weighted by atomic mass is 16.3. The molecule has 2 saturated heterocycles. The van der Waals surface area contributed by atoms with Crippen LogP contribution in [0.3, 0.4) is 0 Å². The lowest BCUT2D eigenvalue weighted by molar-refractivity contribution is -0.123. The molecule has 5 rings (SSSR count). The molecule has 2 atom stereocenters. The van der Waals surface area contributed by atoms with Crippen LogP contribution >= 0.6 is 0 Å². The van der Waals surface area contributed by atoms with Crippen LogP contribution in [0.5, 0.6) is 0 Å². The number of carbonyl (C=O) groups is 3. The van der Waals surface area contributed by atoms with E-state index >= 15 is 0 Å². The number of rotatable bonds is 3. The molecule has 3 N–H and O–H groups in total. The fraction of sp³-hybridized carbons (Fsp3) is 0.474. The van der Waals surface area contributed by atoms with E-state index in [1.165, 1.54) is 0 Å². The van der Waals surface area contributed by atoms with Crippen LogP contribution in [0.25, 0.3) is 10.9 Å². The number of piperazine rings is 1. The molecule has 1 aromatic heterocycles. The zero-order valence-electron chi connectivity index (χ0n) is 15.6. The van der Waals surface area contributed by atoms with Crippen LogP contribution < -0.4 is 5.32 Å². The van der Waals surface area contributed by atoms with E-state index in [2.05, 4.69) is 27.5 Å². The summed E-state index contributed by atoms with van der Waals surface area (Å²) in [6.45, 7) is 1.45. The van der Waals surface area contributed by atoms with E-state index in [0.717, 1.165) is 48.9 Å². The summed E-state index contributed by atoms with van der Waals surface area (Å²) in [5.41, 5.74) is 1.99. The lowest BCUT2D eigenvalue weighted by Gasteiger charge is -2.31. The fourth-order valence-corrected chi connectivity index (χ4v) is 4.10. The van der Waals surface area contributed by atoms with E-state index in [1.54, 1.807) is 0 Å². The van der Waals surface area contributed by atoms with Gasteiger partial charge in [-0.2, -0.15) is 5.10 Å². The minimum absolute atomic E-state index is 0.0162. The maximum atomic E-state index is 13.0. The number of carboxylic acid groups (broad SMARTS) is 1. The monoisotopic (exact) mass is 385 g/mol. The normalized spacial score (nSPS) is 23.4. The molecular weight excluding hydrogens is 362 g/mol. The van der Waals surface area contributed by atoms with Crippen molar-refractivity contribution in [2.24, 2.45) is 5.92 Å². The van der Waals surface area contributed by atoms with Crippen molar-refractivity contribution in [3.63, 3.8) is 0 Å². The smallest absolute Gasteiger partial charge is 0.290 e. The van der Waals surface area contributed by atoms with E-state index in [1.807, 2.05) is 23.1 Å². The lowest BCUT2D eigenvalue weighted by Crippen LogP contribution is -2.47. The number of amides is 2. The number of likely N-dealkylation sites (tertiary alicyclic amines) is 2. The van der Waals surface area contributed by atoms with Gasteiger partial charge in [0.05, 0.1) is 5.52 Å². The second-order valence-electron chi connectivity index (χ2n) is 7.64. The second-order valence-corrected chi connectivity index (χ2v) is 7.64. The summed E-state index contributed by atoms with van der Waals surface area (Å²) in [5, 5.41) is 17.8. The number of likely N-dealkylation sites (N-methyl/N-ethyl adjacent to an activating group) is 1. The molecule has 2 aromatic rings. The van der Waals surface area contributed by atoms with E-state index in [4.69, 9.17) is 9.90 Å². The minimum Gasteiger partial charge on any atom is -0.483 e. The van der Waals surface area contributed by atoms with Gasteiger partial charge in [0.2, 0.25) is 5.91 Å². The standard InChI is InChI=1S/C18H21N5O2.CH2O2/c1-22-8-13-7-12(22)9-23(13)18(25)16-14-6-11(4-5-15(14)20-21-16)19-17(24)10-2-3-10;2-1-3/h4-6,10,12-13H,2-3,7-9H2,1H3,(H,19,24)(H,20,21);1H,(H,2,3)/t12-,13-;/m0./s1. The highest BCUT2D eigenvalue weighted by Crippen LogP contribution is 2.33. The van der Waals surface area contributed by atoms with Crippen molar-refractivity contribution in [2.45, 2.75) is 31.3 Å². The molecule has 1 saturated carbocycles. The number of aromatic nitrogens is 2. The van der Waals surface area contributed by atoms with Crippen molar-refractivity contribution in [3.05, 3.63) is 23.9 Å².